The van der Waals surface area contributed by atoms with Crippen LogP contribution in [0.4, 0.5) is 5.69 Å². The molecule has 0 unspecified atom stereocenters. The van der Waals surface area contributed by atoms with E-state index in [1.54, 1.807) is 12.1 Å². The number of amides is 1. The number of hydrogen-bond donors (Lipinski definition) is 2. The summed E-state index contributed by atoms with van der Waals surface area (Å²) in [5.41, 5.74) is 3.80. The first-order valence-electron chi connectivity index (χ1n) is 10.00. The fourth-order valence-electron chi connectivity index (χ4n) is 3.15. The number of nitrogens with one attached hydrogen (secondary N) is 2. The highest BCUT2D eigenvalue weighted by Crippen LogP contribution is 2.29. The number of para-hydroxylation sites is 1. The molecule has 9 heteroatoms. The van der Waals surface area contributed by atoms with Crippen LogP contribution in [0, 0.1) is 6.92 Å². The average Bonchev–Trinajstić information content (AvgIpc) is 3.17. The molecule has 0 fully saturated rings. The first-order valence-corrected chi connectivity index (χ1v) is 11.2. The summed E-state index contributed by atoms with van der Waals surface area (Å²) in [4.78, 5) is 16.6. The van der Waals surface area contributed by atoms with Gasteiger partial charge in [0.1, 0.15) is 11.3 Å². The minimum atomic E-state index is -0.345. The average molecular weight is 500 g/mol. The fourth-order valence-corrected chi connectivity index (χ4v) is 3.90. The molecule has 0 spiro atoms. The van der Waals surface area contributed by atoms with Crippen LogP contribution in [0.2, 0.25) is 10.0 Å². The molecule has 0 aliphatic carbocycles. The molecule has 0 radical (unpaired) electrons. The Labute approximate surface area is 205 Å². The van der Waals surface area contributed by atoms with Crippen molar-refractivity contribution in [3.63, 3.8) is 0 Å². The number of oxazole rings is 1. The Balaban J connectivity index is 1.30. The van der Waals surface area contributed by atoms with E-state index in [-0.39, 0.29) is 17.6 Å². The van der Waals surface area contributed by atoms with Crippen molar-refractivity contribution in [1.82, 2.24) is 10.3 Å². The van der Waals surface area contributed by atoms with Gasteiger partial charge in [-0.25, -0.2) is 4.98 Å². The molecule has 4 aromatic rings. The van der Waals surface area contributed by atoms with Crippen LogP contribution in [0.25, 0.3) is 11.1 Å². The maximum atomic E-state index is 12.1. The summed E-state index contributed by atoms with van der Waals surface area (Å²) in [7, 11) is 0. The lowest BCUT2D eigenvalue weighted by atomic mass is 10.1. The second kappa shape index (κ2) is 10.2. The highest BCUT2D eigenvalue weighted by Gasteiger charge is 2.12. The van der Waals surface area contributed by atoms with Gasteiger partial charge in [0.25, 0.3) is 5.91 Å². The molecule has 1 amide bonds. The second-order valence-corrected chi connectivity index (χ2v) is 8.53. The van der Waals surface area contributed by atoms with Crippen molar-refractivity contribution >= 4 is 63.2 Å². The summed E-state index contributed by atoms with van der Waals surface area (Å²) in [6, 6.07) is 18.4. The first-order chi connectivity index (χ1) is 15.9. The molecule has 0 atom stereocenters. The fraction of sp³-hybridized carbons (Fsp3) is 0.125. The summed E-state index contributed by atoms with van der Waals surface area (Å²) in [5.74, 6) is 0.847. The molecule has 0 saturated heterocycles. The van der Waals surface area contributed by atoms with E-state index in [4.69, 9.17) is 44.6 Å². The van der Waals surface area contributed by atoms with Gasteiger partial charge in [-0.3, -0.25) is 10.1 Å². The normalized spacial score (nSPS) is 10.8. The zero-order chi connectivity index (χ0) is 23.4. The molecule has 0 saturated carbocycles. The number of thiocarbonyl (C=S) groups is 1. The number of halogens is 2. The Hall–Kier alpha value is -3.13. The molecule has 0 aliphatic heterocycles. The SMILES string of the molecule is Cc1ccccc1OCC(=O)NC(=S)Nc1ccc(Cc2nc3cc(Cl)cc(Cl)c3o2)cc1. The maximum absolute atomic E-state index is 12.1. The molecular weight excluding hydrogens is 481 g/mol. The lowest BCUT2D eigenvalue weighted by Gasteiger charge is -2.11. The number of carbonyl (C=O) groups excluding carboxylic acids is 1. The smallest absolute Gasteiger partial charge is 0.264 e. The van der Waals surface area contributed by atoms with Gasteiger partial charge in [0.05, 0.1) is 5.02 Å². The lowest BCUT2D eigenvalue weighted by molar-refractivity contribution is -0.121. The highest BCUT2D eigenvalue weighted by atomic mass is 35.5. The molecule has 33 heavy (non-hydrogen) atoms. The van der Waals surface area contributed by atoms with E-state index in [2.05, 4.69) is 15.6 Å². The van der Waals surface area contributed by atoms with Crippen molar-refractivity contribution in [1.29, 1.82) is 0 Å². The number of hydrogen-bond acceptors (Lipinski definition) is 5. The number of ether oxygens (including phenoxy) is 1. The van der Waals surface area contributed by atoms with Gasteiger partial charge in [0, 0.05) is 17.1 Å². The van der Waals surface area contributed by atoms with Crippen LogP contribution in [0.15, 0.2) is 65.1 Å². The third-order valence-electron chi connectivity index (χ3n) is 4.73. The number of aromatic nitrogens is 1. The summed E-state index contributed by atoms with van der Waals surface area (Å²) in [6.07, 6.45) is 0.486. The Bertz CT molecular complexity index is 1320. The van der Waals surface area contributed by atoms with Crippen LogP contribution >= 0.6 is 35.4 Å². The van der Waals surface area contributed by atoms with Crippen molar-refractivity contribution in [2.75, 3.05) is 11.9 Å². The third kappa shape index (κ3) is 6.01. The van der Waals surface area contributed by atoms with Gasteiger partial charge >= 0.3 is 0 Å². The summed E-state index contributed by atoms with van der Waals surface area (Å²) in [6.45, 7) is 1.78. The minimum Gasteiger partial charge on any atom is -0.483 e. The standard InChI is InChI=1S/C24H19Cl2N3O3S/c1-14-4-2-3-5-20(14)31-13-21(30)29-24(33)27-17-8-6-15(7-9-17)10-22-28-19-12-16(25)11-18(26)23(19)32-22/h2-9,11-12H,10,13H2,1H3,(H2,27,29,30,33). The molecular formula is C24H19Cl2N3O3S. The molecule has 168 valence electrons. The van der Waals surface area contributed by atoms with Crippen LogP contribution in [-0.2, 0) is 11.2 Å². The topological polar surface area (TPSA) is 76.4 Å². The van der Waals surface area contributed by atoms with Gasteiger partial charge in [0.2, 0.25) is 0 Å². The van der Waals surface area contributed by atoms with Crippen molar-refractivity contribution in [3.8, 4) is 5.75 Å². The largest absolute Gasteiger partial charge is 0.483 e. The predicted molar refractivity (Wildman–Crippen MR) is 134 cm³/mol. The molecule has 0 bridgehead atoms. The van der Waals surface area contributed by atoms with Crippen LogP contribution in [0.1, 0.15) is 17.0 Å². The van der Waals surface area contributed by atoms with Gasteiger partial charge in [0.15, 0.2) is 23.2 Å². The van der Waals surface area contributed by atoms with Crippen LogP contribution in [0.3, 0.4) is 0 Å². The molecule has 3 aromatic carbocycles. The molecule has 0 aliphatic rings. The summed E-state index contributed by atoms with van der Waals surface area (Å²) >= 11 is 17.4. The predicted octanol–water partition coefficient (Wildman–Crippen LogP) is 5.93. The minimum absolute atomic E-state index is 0.134. The van der Waals surface area contributed by atoms with Crippen molar-refractivity contribution in [3.05, 3.63) is 87.7 Å². The maximum Gasteiger partial charge on any atom is 0.264 e. The zero-order valence-corrected chi connectivity index (χ0v) is 19.9. The van der Waals surface area contributed by atoms with E-state index < -0.39 is 0 Å². The number of rotatable bonds is 6. The number of carbonyl (C=O) groups is 1. The Morgan fingerprint density at radius 1 is 1.12 bits per heavy atom. The van der Waals surface area contributed by atoms with E-state index in [9.17, 15) is 4.79 Å². The summed E-state index contributed by atoms with van der Waals surface area (Å²) in [5, 5.41) is 6.71. The van der Waals surface area contributed by atoms with Crippen LogP contribution in [0.5, 0.6) is 5.75 Å². The van der Waals surface area contributed by atoms with Crippen LogP contribution < -0.4 is 15.4 Å². The summed E-state index contributed by atoms with van der Waals surface area (Å²) < 4.78 is 11.3. The number of benzene rings is 3. The van der Waals surface area contributed by atoms with Crippen molar-refractivity contribution in [2.24, 2.45) is 0 Å². The van der Waals surface area contributed by atoms with E-state index in [0.717, 1.165) is 16.8 Å². The second-order valence-electron chi connectivity index (χ2n) is 7.27. The zero-order valence-electron chi connectivity index (χ0n) is 17.5. The Morgan fingerprint density at radius 3 is 2.64 bits per heavy atom. The van der Waals surface area contributed by atoms with Gasteiger partial charge in [-0.1, -0.05) is 53.5 Å². The molecule has 2 N–H and O–H groups in total. The Morgan fingerprint density at radius 2 is 1.88 bits per heavy atom. The number of nitrogens with zero attached hydrogens (tertiary/aromatic N) is 1. The highest BCUT2D eigenvalue weighted by molar-refractivity contribution is 7.80. The Kier molecular flexibility index (Phi) is 7.13. The first kappa shape index (κ1) is 23.0. The number of anilines is 1. The number of aryl methyl sites for hydroxylation is 1. The molecule has 1 aromatic heterocycles. The quantitative estimate of drug-likeness (QED) is 0.320. The molecule has 1 heterocycles. The van der Waals surface area contributed by atoms with Gasteiger partial charge in [-0.2, -0.15) is 0 Å². The van der Waals surface area contributed by atoms with Crippen molar-refractivity contribution in [2.45, 2.75) is 13.3 Å². The van der Waals surface area contributed by atoms with Gasteiger partial charge in [-0.15, -0.1) is 0 Å². The molecule has 6 nitrogen and oxygen atoms in total. The van der Waals surface area contributed by atoms with E-state index in [0.29, 0.717) is 39.2 Å². The molecule has 4 rings (SSSR count). The lowest BCUT2D eigenvalue weighted by Crippen LogP contribution is -2.37. The van der Waals surface area contributed by atoms with E-state index in [1.165, 1.54) is 0 Å². The van der Waals surface area contributed by atoms with Gasteiger partial charge in [-0.05, 0) is 60.6 Å². The van der Waals surface area contributed by atoms with Crippen LogP contribution in [-0.4, -0.2) is 22.6 Å². The van der Waals surface area contributed by atoms with Crippen molar-refractivity contribution < 1.29 is 13.9 Å². The number of fused-ring (bicyclic) bond motifs is 1. The monoisotopic (exact) mass is 499 g/mol. The van der Waals surface area contributed by atoms with E-state index in [1.807, 2.05) is 55.5 Å². The van der Waals surface area contributed by atoms with E-state index >= 15 is 0 Å². The third-order valence-corrected chi connectivity index (χ3v) is 5.43. The van der Waals surface area contributed by atoms with Gasteiger partial charge < -0.3 is 14.5 Å².